The SMILES string of the molecule is COc1ccc2cc([C@@]3(C)NC(=O)N(CN4CCN(CCOc5ccccc5)CC4)C3=O)ccc2c1. The van der Waals surface area contributed by atoms with E-state index in [9.17, 15) is 9.59 Å². The molecule has 0 aliphatic carbocycles. The zero-order valence-corrected chi connectivity index (χ0v) is 20.8. The highest BCUT2D eigenvalue weighted by molar-refractivity contribution is 6.07. The average Bonchev–Trinajstić information content (AvgIpc) is 3.13. The molecule has 8 nitrogen and oxygen atoms in total. The zero-order chi connectivity index (χ0) is 25.1. The number of ether oxygens (including phenoxy) is 2. The van der Waals surface area contributed by atoms with Gasteiger partial charge in [-0.25, -0.2) is 9.69 Å². The number of carbonyl (C=O) groups is 2. The first kappa shape index (κ1) is 24.1. The molecule has 0 radical (unpaired) electrons. The summed E-state index contributed by atoms with van der Waals surface area (Å²) in [4.78, 5) is 32.2. The number of rotatable bonds is 8. The van der Waals surface area contributed by atoms with Crippen LogP contribution in [0.4, 0.5) is 4.79 Å². The summed E-state index contributed by atoms with van der Waals surface area (Å²) in [5.41, 5.74) is -0.328. The summed E-state index contributed by atoms with van der Waals surface area (Å²) in [5.74, 6) is 1.43. The molecule has 188 valence electrons. The minimum absolute atomic E-state index is 0.223. The summed E-state index contributed by atoms with van der Waals surface area (Å²) in [6.45, 7) is 6.86. The van der Waals surface area contributed by atoms with Crippen LogP contribution in [0.15, 0.2) is 66.7 Å². The van der Waals surface area contributed by atoms with E-state index >= 15 is 0 Å². The van der Waals surface area contributed by atoms with Crippen LogP contribution in [0.3, 0.4) is 0 Å². The Kier molecular flexibility index (Phi) is 6.80. The normalized spacial score (nSPS) is 21.1. The van der Waals surface area contributed by atoms with Crippen LogP contribution in [-0.2, 0) is 10.3 Å². The lowest BCUT2D eigenvalue weighted by Crippen LogP contribution is -2.52. The molecule has 3 aromatic carbocycles. The second-order valence-corrected chi connectivity index (χ2v) is 9.48. The molecule has 36 heavy (non-hydrogen) atoms. The molecular formula is C28H32N4O4. The van der Waals surface area contributed by atoms with Crippen LogP contribution in [0.25, 0.3) is 10.8 Å². The Morgan fingerprint density at radius 2 is 1.56 bits per heavy atom. The van der Waals surface area contributed by atoms with E-state index in [2.05, 4.69) is 15.1 Å². The van der Waals surface area contributed by atoms with Crippen LogP contribution in [0, 0.1) is 0 Å². The number of para-hydroxylation sites is 1. The van der Waals surface area contributed by atoms with Crippen LogP contribution in [0.2, 0.25) is 0 Å². The third-order valence-corrected chi connectivity index (χ3v) is 7.13. The highest BCUT2D eigenvalue weighted by atomic mass is 16.5. The van der Waals surface area contributed by atoms with Gasteiger partial charge in [0, 0.05) is 32.7 Å². The fourth-order valence-corrected chi connectivity index (χ4v) is 4.85. The van der Waals surface area contributed by atoms with Gasteiger partial charge in [0.05, 0.1) is 13.8 Å². The molecule has 0 bridgehead atoms. The first-order chi connectivity index (χ1) is 17.5. The van der Waals surface area contributed by atoms with Gasteiger partial charge < -0.3 is 14.8 Å². The molecule has 1 atom stereocenters. The molecule has 2 aliphatic rings. The maximum Gasteiger partial charge on any atom is 0.326 e. The van der Waals surface area contributed by atoms with Gasteiger partial charge in [-0.2, -0.15) is 0 Å². The lowest BCUT2D eigenvalue weighted by atomic mass is 9.90. The van der Waals surface area contributed by atoms with Gasteiger partial charge in [0.25, 0.3) is 5.91 Å². The van der Waals surface area contributed by atoms with Gasteiger partial charge in [-0.1, -0.05) is 36.4 Å². The number of fused-ring (bicyclic) bond motifs is 1. The molecule has 2 saturated heterocycles. The van der Waals surface area contributed by atoms with Crippen molar-refractivity contribution in [1.29, 1.82) is 0 Å². The van der Waals surface area contributed by atoms with Crippen molar-refractivity contribution in [1.82, 2.24) is 20.0 Å². The highest BCUT2D eigenvalue weighted by Crippen LogP contribution is 2.32. The molecule has 0 unspecified atom stereocenters. The van der Waals surface area contributed by atoms with Crippen molar-refractivity contribution in [2.45, 2.75) is 12.5 Å². The molecule has 3 aromatic rings. The molecule has 2 aliphatic heterocycles. The maximum absolute atomic E-state index is 13.5. The van der Waals surface area contributed by atoms with E-state index in [0.29, 0.717) is 13.3 Å². The molecule has 0 spiro atoms. The van der Waals surface area contributed by atoms with Gasteiger partial charge in [0.2, 0.25) is 0 Å². The van der Waals surface area contributed by atoms with E-state index in [0.717, 1.165) is 60.6 Å². The number of urea groups is 1. The number of imide groups is 1. The Bertz CT molecular complexity index is 1240. The second-order valence-electron chi connectivity index (χ2n) is 9.48. The van der Waals surface area contributed by atoms with Crippen molar-refractivity contribution >= 4 is 22.7 Å². The summed E-state index contributed by atoms with van der Waals surface area (Å²) in [5, 5.41) is 4.94. The second kappa shape index (κ2) is 10.2. The van der Waals surface area contributed by atoms with Crippen molar-refractivity contribution in [3.63, 3.8) is 0 Å². The van der Waals surface area contributed by atoms with Crippen molar-refractivity contribution < 1.29 is 19.1 Å². The summed E-state index contributed by atoms with van der Waals surface area (Å²) in [6, 6.07) is 21.1. The number of piperazine rings is 1. The number of nitrogens with zero attached hydrogens (tertiary/aromatic N) is 3. The van der Waals surface area contributed by atoms with E-state index in [1.165, 1.54) is 4.90 Å². The quantitative estimate of drug-likeness (QED) is 0.491. The van der Waals surface area contributed by atoms with E-state index < -0.39 is 5.54 Å². The van der Waals surface area contributed by atoms with Gasteiger partial charge in [0.15, 0.2) is 0 Å². The molecule has 5 rings (SSSR count). The zero-order valence-electron chi connectivity index (χ0n) is 20.8. The highest BCUT2D eigenvalue weighted by Gasteiger charge is 2.49. The molecule has 3 amide bonds. The fourth-order valence-electron chi connectivity index (χ4n) is 4.85. The van der Waals surface area contributed by atoms with Crippen LogP contribution >= 0.6 is 0 Å². The summed E-state index contributed by atoms with van der Waals surface area (Å²) in [6.07, 6.45) is 0. The number of carbonyl (C=O) groups excluding carboxylic acids is 2. The average molecular weight is 489 g/mol. The van der Waals surface area contributed by atoms with E-state index in [-0.39, 0.29) is 11.9 Å². The van der Waals surface area contributed by atoms with Crippen molar-refractivity contribution in [2.24, 2.45) is 0 Å². The van der Waals surface area contributed by atoms with Gasteiger partial charge in [-0.3, -0.25) is 14.6 Å². The monoisotopic (exact) mass is 488 g/mol. The van der Waals surface area contributed by atoms with Gasteiger partial charge in [-0.05, 0) is 53.6 Å². The smallest absolute Gasteiger partial charge is 0.326 e. The van der Waals surface area contributed by atoms with Crippen molar-refractivity contribution in [2.75, 3.05) is 53.1 Å². The Hall–Kier alpha value is -3.62. The topological polar surface area (TPSA) is 74.3 Å². The lowest BCUT2D eigenvalue weighted by Gasteiger charge is -2.36. The van der Waals surface area contributed by atoms with E-state index in [1.807, 2.05) is 66.7 Å². The van der Waals surface area contributed by atoms with E-state index in [1.54, 1.807) is 14.0 Å². The minimum Gasteiger partial charge on any atom is -0.497 e. The van der Waals surface area contributed by atoms with Crippen LogP contribution in [0.5, 0.6) is 11.5 Å². The predicted molar refractivity (Wildman–Crippen MR) is 138 cm³/mol. The number of hydrogen-bond donors (Lipinski definition) is 1. The minimum atomic E-state index is -1.10. The fraction of sp³-hybridized carbons (Fsp3) is 0.357. The third-order valence-electron chi connectivity index (χ3n) is 7.13. The standard InChI is InChI=1S/C28H32N4O4/c1-28(23-10-8-22-19-25(35-2)11-9-21(22)18-23)26(33)32(27(34)29-28)20-31-14-12-30(13-15-31)16-17-36-24-6-4-3-5-7-24/h3-11,18-19H,12-17,20H2,1-2H3,(H,29,34)/t28-/m1/s1. The molecular weight excluding hydrogens is 456 g/mol. The van der Waals surface area contributed by atoms with E-state index in [4.69, 9.17) is 9.47 Å². The van der Waals surface area contributed by atoms with Crippen LogP contribution in [0.1, 0.15) is 12.5 Å². The van der Waals surface area contributed by atoms with Crippen LogP contribution in [-0.4, -0.2) is 79.7 Å². The van der Waals surface area contributed by atoms with Gasteiger partial charge in [0.1, 0.15) is 23.6 Å². The molecule has 8 heteroatoms. The number of nitrogens with one attached hydrogen (secondary N) is 1. The Labute approximate surface area is 211 Å². The Balaban J connectivity index is 1.17. The number of methoxy groups -OCH3 is 1. The summed E-state index contributed by atoms with van der Waals surface area (Å²) < 4.78 is 11.1. The molecule has 0 saturated carbocycles. The first-order valence-electron chi connectivity index (χ1n) is 12.3. The molecule has 2 fully saturated rings. The maximum atomic E-state index is 13.5. The predicted octanol–water partition coefficient (Wildman–Crippen LogP) is 3.27. The third kappa shape index (κ3) is 4.87. The number of hydrogen-bond acceptors (Lipinski definition) is 6. The Morgan fingerprint density at radius 1 is 0.861 bits per heavy atom. The van der Waals surface area contributed by atoms with Gasteiger partial charge in [-0.15, -0.1) is 0 Å². The summed E-state index contributed by atoms with van der Waals surface area (Å²) in [7, 11) is 1.64. The molecule has 1 N–H and O–H groups in total. The summed E-state index contributed by atoms with van der Waals surface area (Å²) >= 11 is 0. The first-order valence-corrected chi connectivity index (χ1v) is 12.3. The molecule has 0 aromatic heterocycles. The van der Waals surface area contributed by atoms with Crippen molar-refractivity contribution in [3.8, 4) is 11.5 Å². The number of benzene rings is 3. The van der Waals surface area contributed by atoms with Gasteiger partial charge >= 0.3 is 6.03 Å². The molecule has 2 heterocycles. The van der Waals surface area contributed by atoms with Crippen molar-refractivity contribution in [3.05, 3.63) is 72.3 Å². The lowest BCUT2D eigenvalue weighted by molar-refractivity contribution is -0.132. The van der Waals surface area contributed by atoms with Crippen LogP contribution < -0.4 is 14.8 Å². The Morgan fingerprint density at radius 3 is 2.31 bits per heavy atom. The number of amides is 3. The largest absolute Gasteiger partial charge is 0.497 e.